The van der Waals surface area contributed by atoms with Crippen LogP contribution in [0.25, 0.3) is 21.8 Å². The van der Waals surface area contributed by atoms with E-state index in [-0.39, 0.29) is 27.6 Å². The van der Waals surface area contributed by atoms with E-state index in [0.29, 0.717) is 4.85 Å². The van der Waals surface area contributed by atoms with E-state index in [1.165, 1.54) is 6.07 Å². The van der Waals surface area contributed by atoms with E-state index in [0.717, 1.165) is 16.2 Å². The first-order valence-corrected chi connectivity index (χ1v) is 8.89. The Morgan fingerprint density at radius 2 is 1.84 bits per heavy atom. The Morgan fingerprint density at radius 3 is 2.48 bits per heavy atom. The Hall–Kier alpha value is -4.09. The van der Waals surface area contributed by atoms with E-state index in [4.69, 9.17) is 5.73 Å². The van der Waals surface area contributed by atoms with Gasteiger partial charge in [-0.25, -0.2) is 9.59 Å². The molecule has 0 bridgehead atoms. The van der Waals surface area contributed by atoms with Crippen LogP contribution in [0.1, 0.15) is 18.5 Å². The van der Waals surface area contributed by atoms with Gasteiger partial charge in [0.05, 0.1) is 16.9 Å². The number of nitrogen functional groups attached to an aromatic ring is 1. The van der Waals surface area contributed by atoms with Crippen LogP contribution in [0, 0.1) is 0 Å². The minimum atomic E-state index is -5.25. The number of nitrogens with zero attached hydrogens (tertiary/aromatic N) is 3. The number of H-pyrrole nitrogens is 1. The van der Waals surface area contributed by atoms with E-state index >= 15 is 0 Å². The number of carbonyl (C=O) groups excluding carboxylic acids is 1. The lowest BCUT2D eigenvalue weighted by Crippen LogP contribution is -2.37. The van der Waals surface area contributed by atoms with Crippen LogP contribution in [-0.2, 0) is 4.79 Å². The van der Waals surface area contributed by atoms with Gasteiger partial charge in [-0.2, -0.15) is 13.2 Å². The van der Waals surface area contributed by atoms with Crippen LogP contribution in [0.15, 0.2) is 52.1 Å². The molecule has 0 fully saturated rings. The molecule has 31 heavy (non-hydrogen) atoms. The van der Waals surface area contributed by atoms with Gasteiger partial charge in [-0.05, 0) is 24.6 Å². The van der Waals surface area contributed by atoms with Gasteiger partial charge in [-0.1, -0.05) is 35.2 Å². The number of benzene rings is 2. The van der Waals surface area contributed by atoms with Crippen molar-refractivity contribution in [2.24, 2.45) is 0 Å². The normalized spacial score (nSPS) is 12.9. The summed E-state index contributed by atoms with van der Waals surface area (Å²) in [7, 11) is 0. The van der Waals surface area contributed by atoms with Gasteiger partial charge in [0.25, 0.3) is 5.56 Å². The predicted molar refractivity (Wildman–Crippen MR) is 104 cm³/mol. The summed E-state index contributed by atoms with van der Waals surface area (Å²) < 4.78 is 38.6. The largest absolute Gasteiger partial charge is 0.493 e. The van der Waals surface area contributed by atoms with Crippen LogP contribution in [0.5, 0.6) is 0 Å². The van der Waals surface area contributed by atoms with Gasteiger partial charge in [0.15, 0.2) is 5.82 Å². The van der Waals surface area contributed by atoms with Crippen molar-refractivity contribution in [2.45, 2.75) is 19.1 Å². The number of alkyl halides is 3. The van der Waals surface area contributed by atoms with E-state index in [9.17, 15) is 27.6 Å². The third-order valence-electron chi connectivity index (χ3n) is 4.80. The number of fused-ring (bicyclic) bond motifs is 2. The molecule has 1 atom stereocenters. The Morgan fingerprint density at radius 1 is 1.16 bits per heavy atom. The van der Waals surface area contributed by atoms with Gasteiger partial charge < -0.3 is 15.6 Å². The van der Waals surface area contributed by atoms with E-state index in [1.807, 2.05) is 0 Å². The number of anilines is 1. The van der Waals surface area contributed by atoms with Gasteiger partial charge >= 0.3 is 17.8 Å². The Bertz CT molecular complexity index is 1440. The highest BCUT2D eigenvalue weighted by molar-refractivity contribution is 5.99. The Labute approximate surface area is 170 Å². The zero-order valence-electron chi connectivity index (χ0n) is 15.8. The second kappa shape index (κ2) is 7.00. The number of nitrogens with one attached hydrogen (secondary N) is 1. The van der Waals surface area contributed by atoms with Gasteiger partial charge in [0.2, 0.25) is 0 Å². The summed E-state index contributed by atoms with van der Waals surface area (Å²) in [5, 5.41) is 3.71. The van der Waals surface area contributed by atoms with Crippen molar-refractivity contribution < 1.29 is 22.8 Å². The summed E-state index contributed by atoms with van der Waals surface area (Å²) in [6, 6.07) is 10.7. The topological polar surface area (TPSA) is 125 Å². The SMILES string of the molecule is C[C@H](c1ccccc1)n1c(=O)[nH]c2cc3c(cc2c1=O)c(N)nn3OC(=O)C(F)(F)F. The molecule has 0 amide bonds. The monoisotopic (exact) mass is 433 g/mol. The number of hydrogen-bond donors (Lipinski definition) is 2. The van der Waals surface area contributed by atoms with Crippen LogP contribution in [0.4, 0.5) is 19.0 Å². The highest BCUT2D eigenvalue weighted by atomic mass is 19.4. The van der Waals surface area contributed by atoms with Gasteiger partial charge in [-0.3, -0.25) is 9.36 Å². The van der Waals surface area contributed by atoms with Crippen LogP contribution in [0.3, 0.4) is 0 Å². The number of carbonyl (C=O) groups is 1. The summed E-state index contributed by atoms with van der Waals surface area (Å²) in [6.07, 6.45) is -5.25. The van der Waals surface area contributed by atoms with Crippen molar-refractivity contribution in [2.75, 3.05) is 5.73 Å². The maximum atomic E-state index is 13.1. The Kier molecular flexibility index (Phi) is 4.56. The molecule has 0 aliphatic rings. The number of hydrogen-bond acceptors (Lipinski definition) is 6. The molecule has 2 aromatic heterocycles. The first-order chi connectivity index (χ1) is 14.6. The maximum absolute atomic E-state index is 13.1. The van der Waals surface area contributed by atoms with Crippen LogP contribution in [-0.4, -0.2) is 31.6 Å². The quantitative estimate of drug-likeness (QED) is 0.507. The third kappa shape index (κ3) is 3.41. The lowest BCUT2D eigenvalue weighted by molar-refractivity contribution is -0.200. The fourth-order valence-electron chi connectivity index (χ4n) is 3.27. The highest BCUT2D eigenvalue weighted by Crippen LogP contribution is 2.25. The molecule has 3 N–H and O–H groups in total. The third-order valence-corrected chi connectivity index (χ3v) is 4.80. The second-order valence-corrected chi connectivity index (χ2v) is 6.74. The molecule has 2 aromatic carbocycles. The van der Waals surface area contributed by atoms with Crippen LogP contribution in [0.2, 0.25) is 0 Å². The average molecular weight is 433 g/mol. The van der Waals surface area contributed by atoms with Crippen LogP contribution >= 0.6 is 0 Å². The molecule has 0 saturated heterocycles. The number of rotatable bonds is 3. The molecule has 12 heteroatoms. The molecule has 4 rings (SSSR count). The Balaban J connectivity index is 1.90. The molecule has 0 aliphatic heterocycles. The van der Waals surface area contributed by atoms with E-state index in [1.54, 1.807) is 37.3 Å². The van der Waals surface area contributed by atoms with Crippen molar-refractivity contribution in [1.29, 1.82) is 0 Å². The van der Waals surface area contributed by atoms with E-state index < -0.39 is 29.4 Å². The van der Waals surface area contributed by atoms with E-state index in [2.05, 4.69) is 14.9 Å². The number of aromatic nitrogens is 4. The zero-order valence-corrected chi connectivity index (χ0v) is 15.8. The smallest absolute Gasteiger partial charge is 0.382 e. The van der Waals surface area contributed by atoms with Crippen LogP contribution < -0.4 is 21.8 Å². The summed E-state index contributed by atoms with van der Waals surface area (Å²) in [5.74, 6) is -2.77. The molecule has 9 nitrogen and oxygen atoms in total. The lowest BCUT2D eigenvalue weighted by atomic mass is 10.1. The zero-order chi connectivity index (χ0) is 22.5. The molecule has 160 valence electrons. The average Bonchev–Trinajstić information content (AvgIpc) is 3.01. The standard InChI is InChI=1S/C19H14F3N5O4/c1-9(10-5-3-2-4-6-10)26-16(28)11-7-12-14(8-13(11)24-18(26)30)27(25-15(12)23)31-17(29)19(20,21)22/h2-9H,1H3,(H2,23,25)(H,24,30)/t9-/m1/s1. The first kappa shape index (κ1) is 20.2. The summed E-state index contributed by atoms with van der Waals surface area (Å²) in [4.78, 5) is 43.9. The van der Waals surface area contributed by atoms with Crippen molar-refractivity contribution in [3.05, 3.63) is 68.9 Å². The lowest BCUT2D eigenvalue weighted by Gasteiger charge is -2.15. The van der Waals surface area contributed by atoms with Crippen molar-refractivity contribution >= 4 is 33.6 Å². The number of aromatic amines is 1. The summed E-state index contributed by atoms with van der Waals surface area (Å²) in [6.45, 7) is 1.68. The van der Waals surface area contributed by atoms with Gasteiger partial charge in [0.1, 0.15) is 5.52 Å². The molecular formula is C19H14F3N5O4. The number of halogens is 3. The predicted octanol–water partition coefficient (Wildman–Crippen LogP) is 1.75. The van der Waals surface area contributed by atoms with Gasteiger partial charge in [0, 0.05) is 5.39 Å². The van der Waals surface area contributed by atoms with Crippen molar-refractivity contribution in [3.8, 4) is 0 Å². The molecule has 0 unspecified atom stereocenters. The first-order valence-electron chi connectivity index (χ1n) is 8.89. The fraction of sp³-hybridized carbons (Fsp3) is 0.158. The molecule has 0 spiro atoms. The van der Waals surface area contributed by atoms with Crippen molar-refractivity contribution in [3.63, 3.8) is 0 Å². The van der Waals surface area contributed by atoms with Crippen molar-refractivity contribution in [1.82, 2.24) is 19.5 Å². The minimum Gasteiger partial charge on any atom is -0.382 e. The molecule has 2 heterocycles. The summed E-state index contributed by atoms with van der Waals surface area (Å²) >= 11 is 0. The molecule has 0 aliphatic carbocycles. The highest BCUT2D eigenvalue weighted by Gasteiger charge is 2.42. The molecule has 0 saturated carbocycles. The maximum Gasteiger partial charge on any atom is 0.493 e. The molecule has 4 aromatic rings. The molecule has 0 radical (unpaired) electrons. The minimum absolute atomic E-state index is 0.0169. The second-order valence-electron chi connectivity index (χ2n) is 6.74. The van der Waals surface area contributed by atoms with Gasteiger partial charge in [-0.15, -0.1) is 5.10 Å². The number of nitrogens with two attached hydrogens (primary N) is 1. The summed E-state index contributed by atoms with van der Waals surface area (Å²) in [5.41, 5.74) is 4.99. The fourth-order valence-corrected chi connectivity index (χ4v) is 3.27. The molecular weight excluding hydrogens is 419 g/mol.